The zero-order valence-corrected chi connectivity index (χ0v) is 14.4. The van der Waals surface area contributed by atoms with Crippen LogP contribution in [0.5, 0.6) is 0 Å². The fraction of sp³-hybridized carbons (Fsp3) is 0.556. The molecule has 0 radical (unpaired) electrons. The summed E-state index contributed by atoms with van der Waals surface area (Å²) in [7, 11) is 0. The van der Waals surface area contributed by atoms with Gasteiger partial charge in [-0.1, -0.05) is 12.1 Å². The minimum atomic E-state index is 0.247. The number of likely N-dealkylation sites (tertiary alicyclic amines) is 2. The van der Waals surface area contributed by atoms with Gasteiger partial charge in [-0.3, -0.25) is 4.79 Å². The summed E-state index contributed by atoms with van der Waals surface area (Å²) in [4.78, 5) is 17.4. The van der Waals surface area contributed by atoms with Crippen molar-refractivity contribution in [1.82, 2.24) is 30.0 Å². The van der Waals surface area contributed by atoms with Gasteiger partial charge >= 0.3 is 0 Å². The monoisotopic (exact) mass is 340 g/mol. The highest BCUT2D eigenvalue weighted by atomic mass is 16.2. The third-order valence-corrected chi connectivity index (χ3v) is 5.27. The van der Waals surface area contributed by atoms with Gasteiger partial charge < -0.3 is 9.80 Å². The van der Waals surface area contributed by atoms with Gasteiger partial charge in [-0.15, -0.1) is 5.10 Å². The van der Waals surface area contributed by atoms with Crippen molar-refractivity contribution in [3.63, 3.8) is 0 Å². The summed E-state index contributed by atoms with van der Waals surface area (Å²) in [6, 6.07) is 8.27. The molecule has 0 N–H and O–H groups in total. The summed E-state index contributed by atoms with van der Waals surface area (Å²) in [5.74, 6) is 0.247. The van der Waals surface area contributed by atoms with E-state index in [1.165, 1.54) is 25.9 Å². The number of rotatable bonds is 5. The first-order valence-corrected chi connectivity index (χ1v) is 9.14. The van der Waals surface area contributed by atoms with Gasteiger partial charge in [0.15, 0.2) is 0 Å². The lowest BCUT2D eigenvalue weighted by Crippen LogP contribution is -2.43. The van der Waals surface area contributed by atoms with Gasteiger partial charge in [-0.25, -0.2) is 4.68 Å². The number of carbonyl (C=O) groups excluding carboxylic acids is 1. The van der Waals surface area contributed by atoms with Crippen LogP contribution in [-0.2, 0) is 11.2 Å². The molecule has 2 fully saturated rings. The van der Waals surface area contributed by atoms with Gasteiger partial charge in [0.25, 0.3) is 0 Å². The summed E-state index contributed by atoms with van der Waals surface area (Å²) >= 11 is 0. The summed E-state index contributed by atoms with van der Waals surface area (Å²) < 4.78 is 1.61. The minimum Gasteiger partial charge on any atom is -0.338 e. The maximum Gasteiger partial charge on any atom is 0.227 e. The lowest BCUT2D eigenvalue weighted by molar-refractivity contribution is -0.131. The van der Waals surface area contributed by atoms with Crippen LogP contribution in [0.15, 0.2) is 30.6 Å². The van der Waals surface area contributed by atoms with Gasteiger partial charge in [0.2, 0.25) is 5.91 Å². The standard InChI is InChI=1S/C18H24N6O/c25-18(23-11-3-4-17(23)13-22-9-1-2-10-22)12-15-5-7-16(8-6-15)24-14-19-20-21-24/h5-8,14,17H,1-4,9-13H2/t17-/m0/s1. The lowest BCUT2D eigenvalue weighted by atomic mass is 10.1. The normalized spacial score (nSPS) is 21.1. The first-order chi connectivity index (χ1) is 12.3. The Morgan fingerprint density at radius 2 is 1.88 bits per heavy atom. The molecule has 2 aliphatic heterocycles. The molecule has 3 heterocycles. The molecule has 0 aliphatic carbocycles. The van der Waals surface area contributed by atoms with Crippen LogP contribution in [-0.4, -0.2) is 68.1 Å². The van der Waals surface area contributed by atoms with Crippen LogP contribution in [0, 0.1) is 0 Å². The van der Waals surface area contributed by atoms with Crippen molar-refractivity contribution in [1.29, 1.82) is 0 Å². The van der Waals surface area contributed by atoms with Crippen LogP contribution in [0.4, 0.5) is 0 Å². The number of aromatic nitrogens is 4. The van der Waals surface area contributed by atoms with E-state index < -0.39 is 0 Å². The van der Waals surface area contributed by atoms with Gasteiger partial charge in [-0.05, 0) is 66.9 Å². The summed E-state index contributed by atoms with van der Waals surface area (Å²) in [5.41, 5.74) is 1.93. The molecule has 2 saturated heterocycles. The fourth-order valence-corrected chi connectivity index (χ4v) is 3.94. The Morgan fingerprint density at radius 1 is 1.08 bits per heavy atom. The topological polar surface area (TPSA) is 67.2 Å². The van der Waals surface area contributed by atoms with E-state index >= 15 is 0 Å². The molecule has 0 spiro atoms. The minimum absolute atomic E-state index is 0.247. The van der Waals surface area contributed by atoms with Crippen molar-refractivity contribution in [3.8, 4) is 5.69 Å². The number of carbonyl (C=O) groups is 1. The number of hydrogen-bond acceptors (Lipinski definition) is 5. The molecule has 0 unspecified atom stereocenters. The average molecular weight is 340 g/mol. The van der Waals surface area contributed by atoms with Crippen molar-refractivity contribution < 1.29 is 4.79 Å². The molecule has 1 aromatic carbocycles. The van der Waals surface area contributed by atoms with E-state index in [4.69, 9.17) is 0 Å². The highest BCUT2D eigenvalue weighted by Gasteiger charge is 2.30. The Labute approximate surface area is 147 Å². The molecule has 1 atom stereocenters. The number of benzene rings is 1. The van der Waals surface area contributed by atoms with Gasteiger partial charge in [-0.2, -0.15) is 0 Å². The molecule has 4 rings (SSSR count). The van der Waals surface area contributed by atoms with Crippen molar-refractivity contribution in [2.24, 2.45) is 0 Å². The number of hydrogen-bond donors (Lipinski definition) is 0. The zero-order valence-electron chi connectivity index (χ0n) is 14.4. The molecule has 25 heavy (non-hydrogen) atoms. The van der Waals surface area contributed by atoms with Gasteiger partial charge in [0.1, 0.15) is 6.33 Å². The number of amides is 1. The van der Waals surface area contributed by atoms with E-state index in [1.807, 2.05) is 24.3 Å². The van der Waals surface area contributed by atoms with E-state index in [1.54, 1.807) is 11.0 Å². The van der Waals surface area contributed by atoms with E-state index in [0.29, 0.717) is 12.5 Å². The second-order valence-electron chi connectivity index (χ2n) is 6.99. The molecule has 1 aromatic heterocycles. The lowest BCUT2D eigenvalue weighted by Gasteiger charge is -2.28. The second kappa shape index (κ2) is 7.31. The molecule has 1 amide bonds. The van der Waals surface area contributed by atoms with Crippen LogP contribution in [0.2, 0.25) is 0 Å². The molecule has 0 bridgehead atoms. The molecule has 2 aliphatic rings. The van der Waals surface area contributed by atoms with E-state index in [9.17, 15) is 4.79 Å². The number of nitrogens with zero attached hydrogens (tertiary/aromatic N) is 6. The average Bonchev–Trinajstić information content (AvgIpc) is 3.39. The molecule has 7 heteroatoms. The first-order valence-electron chi connectivity index (χ1n) is 9.14. The van der Waals surface area contributed by atoms with Crippen LogP contribution in [0.25, 0.3) is 5.69 Å². The predicted octanol–water partition coefficient (Wildman–Crippen LogP) is 1.29. The smallest absolute Gasteiger partial charge is 0.227 e. The predicted molar refractivity (Wildman–Crippen MR) is 93.3 cm³/mol. The third kappa shape index (κ3) is 3.71. The van der Waals surface area contributed by atoms with Crippen molar-refractivity contribution >= 4 is 5.91 Å². The summed E-state index contributed by atoms with van der Waals surface area (Å²) in [6.45, 7) is 4.33. The Bertz CT molecular complexity index is 693. The van der Waals surface area contributed by atoms with Gasteiger partial charge in [0, 0.05) is 19.1 Å². The van der Waals surface area contributed by atoms with E-state index in [-0.39, 0.29) is 5.91 Å². The number of tetrazole rings is 1. The zero-order chi connectivity index (χ0) is 17.1. The Kier molecular flexibility index (Phi) is 4.74. The Hall–Kier alpha value is -2.28. The maximum absolute atomic E-state index is 12.8. The molecule has 0 saturated carbocycles. The van der Waals surface area contributed by atoms with Gasteiger partial charge in [0.05, 0.1) is 12.1 Å². The molecule has 132 valence electrons. The highest BCUT2D eigenvalue weighted by Crippen LogP contribution is 2.21. The van der Waals surface area contributed by atoms with Crippen LogP contribution >= 0.6 is 0 Å². The molecule has 2 aromatic rings. The van der Waals surface area contributed by atoms with Crippen molar-refractivity contribution in [2.75, 3.05) is 26.2 Å². The van der Waals surface area contributed by atoms with Crippen molar-refractivity contribution in [3.05, 3.63) is 36.2 Å². The highest BCUT2D eigenvalue weighted by molar-refractivity contribution is 5.79. The van der Waals surface area contributed by atoms with Crippen molar-refractivity contribution in [2.45, 2.75) is 38.1 Å². The first kappa shape index (κ1) is 16.2. The Morgan fingerprint density at radius 3 is 2.60 bits per heavy atom. The van der Waals surface area contributed by atoms with Crippen LogP contribution in [0.1, 0.15) is 31.2 Å². The molecule has 7 nitrogen and oxygen atoms in total. The third-order valence-electron chi connectivity index (χ3n) is 5.27. The Balaban J connectivity index is 1.37. The molecular weight excluding hydrogens is 316 g/mol. The molecular formula is C18H24N6O. The van der Waals surface area contributed by atoms with E-state index in [0.717, 1.165) is 37.2 Å². The maximum atomic E-state index is 12.8. The second-order valence-corrected chi connectivity index (χ2v) is 6.99. The quantitative estimate of drug-likeness (QED) is 0.820. The fourth-order valence-electron chi connectivity index (χ4n) is 3.94. The SMILES string of the molecule is O=C(Cc1ccc(-n2cnnn2)cc1)N1CCC[C@H]1CN1CCCC1. The summed E-state index contributed by atoms with van der Waals surface area (Å²) in [5, 5.41) is 11.2. The van der Waals surface area contributed by atoms with Crippen LogP contribution in [0.3, 0.4) is 0 Å². The summed E-state index contributed by atoms with van der Waals surface area (Å²) in [6.07, 6.45) is 6.89. The largest absolute Gasteiger partial charge is 0.338 e. The van der Waals surface area contributed by atoms with E-state index in [2.05, 4.69) is 25.3 Å². The van der Waals surface area contributed by atoms with Crippen LogP contribution < -0.4 is 0 Å².